The van der Waals surface area contributed by atoms with Gasteiger partial charge in [0.2, 0.25) is 26.0 Å². The van der Waals surface area contributed by atoms with Gasteiger partial charge in [-0.15, -0.1) is 0 Å². The third-order valence-electron chi connectivity index (χ3n) is 4.87. The van der Waals surface area contributed by atoms with Gasteiger partial charge < -0.3 is 10.1 Å². The van der Waals surface area contributed by atoms with Gasteiger partial charge in [-0.1, -0.05) is 36.4 Å². The van der Waals surface area contributed by atoms with Crippen LogP contribution in [0.15, 0.2) is 65.6 Å². The first-order valence-electron chi connectivity index (χ1n) is 10.4. The first-order chi connectivity index (χ1) is 15.9. The van der Waals surface area contributed by atoms with Crippen LogP contribution in [0.1, 0.15) is 13.8 Å². The average Bonchev–Trinajstić information content (AvgIpc) is 2.75. The van der Waals surface area contributed by atoms with Crippen LogP contribution in [0.4, 0.5) is 11.4 Å². The lowest BCUT2D eigenvalue weighted by Gasteiger charge is -2.23. The maximum atomic E-state index is 12.9. The summed E-state index contributed by atoms with van der Waals surface area (Å²) in [6, 6.07) is 16.2. The fourth-order valence-electron chi connectivity index (χ4n) is 3.46. The number of amides is 1. The lowest BCUT2D eigenvalue weighted by Crippen LogP contribution is -2.37. The van der Waals surface area contributed by atoms with Gasteiger partial charge in [-0.25, -0.2) is 21.6 Å². The molecule has 0 bridgehead atoms. The van der Waals surface area contributed by atoms with E-state index in [4.69, 9.17) is 4.74 Å². The molecule has 9 nitrogen and oxygen atoms in total. The molecule has 3 rings (SSSR count). The van der Waals surface area contributed by atoms with Crippen LogP contribution in [0.3, 0.4) is 0 Å². The highest BCUT2D eigenvalue weighted by atomic mass is 32.2. The lowest BCUT2D eigenvalue weighted by molar-refractivity contribution is -0.114. The first-order valence-corrected chi connectivity index (χ1v) is 13.7. The summed E-state index contributed by atoms with van der Waals surface area (Å²) in [5.41, 5.74) is 0.464. The van der Waals surface area contributed by atoms with Crippen molar-refractivity contribution in [1.29, 1.82) is 0 Å². The zero-order valence-corrected chi connectivity index (χ0v) is 20.9. The Morgan fingerprint density at radius 3 is 2.32 bits per heavy atom. The third kappa shape index (κ3) is 5.85. The van der Waals surface area contributed by atoms with Gasteiger partial charge in [0.1, 0.15) is 12.3 Å². The maximum Gasteiger partial charge on any atom is 0.245 e. The van der Waals surface area contributed by atoms with Crippen molar-refractivity contribution >= 4 is 48.1 Å². The molecule has 0 aromatic heterocycles. The molecule has 0 aliphatic carbocycles. The minimum absolute atomic E-state index is 0.0636. The van der Waals surface area contributed by atoms with E-state index in [1.54, 1.807) is 38.1 Å². The number of hydrogen-bond donors (Lipinski definition) is 2. The van der Waals surface area contributed by atoms with E-state index in [2.05, 4.69) is 10.0 Å². The summed E-state index contributed by atoms with van der Waals surface area (Å²) in [7, 11) is -6.26. The van der Waals surface area contributed by atoms with Gasteiger partial charge in [-0.05, 0) is 43.5 Å². The number of fused-ring (bicyclic) bond motifs is 1. The number of hydrogen-bond acceptors (Lipinski definition) is 6. The van der Waals surface area contributed by atoms with Crippen LogP contribution in [0.25, 0.3) is 10.8 Å². The molecule has 0 atom stereocenters. The Hall–Kier alpha value is -3.15. The normalized spacial score (nSPS) is 12.0. The summed E-state index contributed by atoms with van der Waals surface area (Å²) in [4.78, 5) is 12.9. The molecule has 0 spiro atoms. The minimum Gasteiger partial charge on any atom is -0.495 e. The SMILES string of the molecule is COc1ccc(S(=O)(=O)NC(C)C)cc1NC(=O)CN(c1cccc2ccccc12)S(C)(=O)=O. The Labute approximate surface area is 199 Å². The predicted molar refractivity (Wildman–Crippen MR) is 133 cm³/mol. The number of sulfonamides is 2. The molecule has 1 amide bonds. The van der Waals surface area contributed by atoms with Crippen LogP contribution in [-0.2, 0) is 24.8 Å². The molecule has 34 heavy (non-hydrogen) atoms. The van der Waals surface area contributed by atoms with E-state index in [1.807, 2.05) is 18.2 Å². The number of rotatable bonds is 9. The van der Waals surface area contributed by atoms with Crippen LogP contribution in [0.2, 0.25) is 0 Å². The minimum atomic E-state index is -3.82. The van der Waals surface area contributed by atoms with E-state index in [0.29, 0.717) is 11.1 Å². The largest absolute Gasteiger partial charge is 0.495 e. The molecule has 0 fully saturated rings. The molecule has 0 radical (unpaired) electrons. The van der Waals surface area contributed by atoms with Crippen LogP contribution >= 0.6 is 0 Å². The summed E-state index contributed by atoms with van der Waals surface area (Å²) in [5, 5.41) is 4.09. The summed E-state index contributed by atoms with van der Waals surface area (Å²) in [5.74, 6) is -0.434. The van der Waals surface area contributed by atoms with Crippen molar-refractivity contribution in [3.8, 4) is 5.75 Å². The van der Waals surface area contributed by atoms with Gasteiger partial charge in [0.25, 0.3) is 0 Å². The molecular formula is C23H27N3O6S2. The molecule has 0 saturated heterocycles. The smallest absolute Gasteiger partial charge is 0.245 e. The summed E-state index contributed by atoms with van der Waals surface area (Å²) in [6.45, 7) is 2.87. The number of nitrogens with zero attached hydrogens (tertiary/aromatic N) is 1. The lowest BCUT2D eigenvalue weighted by atomic mass is 10.1. The fraction of sp³-hybridized carbons (Fsp3) is 0.261. The molecule has 0 saturated carbocycles. The average molecular weight is 506 g/mol. The van der Waals surface area contributed by atoms with Crippen molar-refractivity contribution < 1.29 is 26.4 Å². The van der Waals surface area contributed by atoms with Gasteiger partial charge in [0.05, 0.1) is 29.6 Å². The molecule has 0 aliphatic rings. The third-order valence-corrected chi connectivity index (χ3v) is 7.65. The fourth-order valence-corrected chi connectivity index (χ4v) is 5.60. The summed E-state index contributed by atoms with van der Waals surface area (Å²) >= 11 is 0. The molecular weight excluding hydrogens is 478 g/mol. The van der Waals surface area contributed by atoms with Crippen LogP contribution in [0, 0.1) is 0 Å². The predicted octanol–water partition coefficient (Wildman–Crippen LogP) is 2.94. The van der Waals surface area contributed by atoms with Crippen molar-refractivity contribution in [2.75, 3.05) is 29.5 Å². The molecule has 182 valence electrons. The van der Waals surface area contributed by atoms with Crippen LogP contribution in [-0.4, -0.2) is 48.7 Å². The Balaban J connectivity index is 1.94. The van der Waals surface area contributed by atoms with Crippen molar-refractivity contribution in [3.63, 3.8) is 0 Å². The molecule has 11 heteroatoms. The Kier molecular flexibility index (Phi) is 7.49. The van der Waals surface area contributed by atoms with Crippen molar-refractivity contribution in [1.82, 2.24) is 4.72 Å². The second kappa shape index (κ2) is 10.00. The first kappa shape index (κ1) is 25.5. The Morgan fingerprint density at radius 2 is 1.68 bits per heavy atom. The number of anilines is 2. The van der Waals surface area contributed by atoms with E-state index in [9.17, 15) is 21.6 Å². The van der Waals surface area contributed by atoms with Crippen molar-refractivity contribution in [3.05, 3.63) is 60.7 Å². The zero-order valence-electron chi connectivity index (χ0n) is 19.3. The molecule has 3 aromatic carbocycles. The monoisotopic (exact) mass is 505 g/mol. The molecule has 0 aliphatic heterocycles. The van der Waals surface area contributed by atoms with Gasteiger partial charge in [-0.3, -0.25) is 9.10 Å². The Morgan fingerprint density at radius 1 is 1.00 bits per heavy atom. The highest BCUT2D eigenvalue weighted by molar-refractivity contribution is 7.92. The van der Waals surface area contributed by atoms with E-state index < -0.39 is 32.5 Å². The molecule has 0 heterocycles. The van der Waals surface area contributed by atoms with E-state index >= 15 is 0 Å². The number of nitrogens with one attached hydrogen (secondary N) is 2. The molecule has 2 N–H and O–H groups in total. The van der Waals surface area contributed by atoms with E-state index in [-0.39, 0.29) is 22.4 Å². The Bertz CT molecular complexity index is 1410. The van der Waals surface area contributed by atoms with Crippen molar-refractivity contribution in [2.45, 2.75) is 24.8 Å². The number of benzene rings is 3. The second-order valence-electron chi connectivity index (χ2n) is 7.95. The summed E-state index contributed by atoms with van der Waals surface area (Å²) < 4.78 is 59.0. The van der Waals surface area contributed by atoms with Gasteiger partial charge >= 0.3 is 0 Å². The number of ether oxygens (including phenoxy) is 1. The topological polar surface area (TPSA) is 122 Å². The van der Waals surface area contributed by atoms with Gasteiger partial charge in [-0.2, -0.15) is 0 Å². The number of carbonyl (C=O) groups is 1. The molecule has 3 aromatic rings. The number of methoxy groups -OCH3 is 1. The second-order valence-corrected chi connectivity index (χ2v) is 11.6. The van der Waals surface area contributed by atoms with Crippen LogP contribution < -0.4 is 19.1 Å². The van der Waals surface area contributed by atoms with Crippen LogP contribution in [0.5, 0.6) is 5.75 Å². The van der Waals surface area contributed by atoms with E-state index in [1.165, 1.54) is 25.3 Å². The van der Waals surface area contributed by atoms with Gasteiger partial charge in [0.15, 0.2) is 0 Å². The standard InChI is InChI=1S/C23H27N3O6S2/c1-16(2)25-34(30,31)18-12-13-22(32-3)20(14-18)24-23(27)15-26(33(4,28)29)21-11-7-9-17-8-5-6-10-19(17)21/h5-14,16,25H,15H2,1-4H3,(H,24,27). The summed E-state index contributed by atoms with van der Waals surface area (Å²) in [6.07, 6.45) is 1.02. The highest BCUT2D eigenvalue weighted by Gasteiger charge is 2.24. The highest BCUT2D eigenvalue weighted by Crippen LogP contribution is 2.30. The molecule has 0 unspecified atom stereocenters. The maximum absolute atomic E-state index is 12.9. The number of carbonyl (C=O) groups excluding carboxylic acids is 1. The van der Waals surface area contributed by atoms with Gasteiger partial charge in [0, 0.05) is 11.4 Å². The quantitative estimate of drug-likeness (QED) is 0.461. The zero-order chi connectivity index (χ0) is 25.1. The van der Waals surface area contributed by atoms with Crippen molar-refractivity contribution in [2.24, 2.45) is 0 Å². The van der Waals surface area contributed by atoms with E-state index in [0.717, 1.165) is 15.9 Å².